The van der Waals surface area contributed by atoms with E-state index in [1.54, 1.807) is 13.2 Å². The highest BCUT2D eigenvalue weighted by Crippen LogP contribution is 2.31. The molecule has 0 unspecified atom stereocenters. The van der Waals surface area contributed by atoms with Crippen LogP contribution in [0.2, 0.25) is 0 Å². The van der Waals surface area contributed by atoms with E-state index in [0.29, 0.717) is 11.4 Å². The predicted octanol–water partition coefficient (Wildman–Crippen LogP) is 2.73. The summed E-state index contributed by atoms with van der Waals surface area (Å²) in [6.45, 7) is 0. The number of hydrogen-bond donors (Lipinski definition) is 1. The first-order chi connectivity index (χ1) is 7.67. The minimum atomic E-state index is -0.398. The summed E-state index contributed by atoms with van der Waals surface area (Å²) in [6, 6.07) is 5.41. The number of benzene rings is 1. The Balaban J connectivity index is 2.68. The molecule has 0 saturated carbocycles. The molecule has 84 valence electrons. The van der Waals surface area contributed by atoms with Gasteiger partial charge in [-0.25, -0.2) is 4.79 Å². The van der Waals surface area contributed by atoms with E-state index in [0.717, 1.165) is 15.4 Å². The molecular weight excluding hydrogens is 274 g/mol. The molecule has 0 aliphatic heterocycles. The van der Waals surface area contributed by atoms with Gasteiger partial charge in [0.1, 0.15) is 11.4 Å². The van der Waals surface area contributed by atoms with Gasteiger partial charge >= 0.3 is 5.97 Å². The number of ether oxygens (including phenoxy) is 2. The van der Waals surface area contributed by atoms with Gasteiger partial charge in [0, 0.05) is 9.86 Å². The van der Waals surface area contributed by atoms with E-state index < -0.39 is 5.97 Å². The normalized spacial score (nSPS) is 10.4. The molecule has 1 aromatic carbocycles. The molecule has 0 saturated heterocycles. The lowest BCUT2D eigenvalue weighted by atomic mass is 10.2. The summed E-state index contributed by atoms with van der Waals surface area (Å²) in [7, 11) is 2.94. The van der Waals surface area contributed by atoms with Crippen molar-refractivity contribution in [1.29, 1.82) is 0 Å². The zero-order valence-electron chi connectivity index (χ0n) is 8.83. The lowest BCUT2D eigenvalue weighted by molar-refractivity contribution is 0.0595. The van der Waals surface area contributed by atoms with Crippen LogP contribution in [0.25, 0.3) is 10.9 Å². The highest BCUT2D eigenvalue weighted by Gasteiger charge is 2.13. The quantitative estimate of drug-likeness (QED) is 0.863. The van der Waals surface area contributed by atoms with Gasteiger partial charge in [0.15, 0.2) is 0 Å². The van der Waals surface area contributed by atoms with Gasteiger partial charge in [0.2, 0.25) is 0 Å². The molecular formula is C11H10BrNO3. The monoisotopic (exact) mass is 283 g/mol. The second-order valence-electron chi connectivity index (χ2n) is 3.21. The van der Waals surface area contributed by atoms with Gasteiger partial charge in [0.05, 0.1) is 19.7 Å². The van der Waals surface area contributed by atoms with Gasteiger partial charge in [-0.3, -0.25) is 0 Å². The van der Waals surface area contributed by atoms with Gasteiger partial charge in [-0.05, 0) is 34.1 Å². The van der Waals surface area contributed by atoms with E-state index >= 15 is 0 Å². The zero-order valence-corrected chi connectivity index (χ0v) is 10.4. The van der Waals surface area contributed by atoms with Gasteiger partial charge in [0.25, 0.3) is 0 Å². The number of aromatic nitrogens is 1. The van der Waals surface area contributed by atoms with Crippen LogP contribution in [0.1, 0.15) is 10.5 Å². The van der Waals surface area contributed by atoms with Crippen molar-refractivity contribution in [2.24, 2.45) is 0 Å². The van der Waals surface area contributed by atoms with Crippen molar-refractivity contribution >= 4 is 32.8 Å². The smallest absolute Gasteiger partial charge is 0.354 e. The molecule has 1 N–H and O–H groups in total. The largest absolute Gasteiger partial charge is 0.496 e. The maximum Gasteiger partial charge on any atom is 0.354 e. The molecule has 0 aliphatic carbocycles. The van der Waals surface area contributed by atoms with Gasteiger partial charge < -0.3 is 14.5 Å². The molecule has 4 nitrogen and oxygen atoms in total. The second-order valence-corrected chi connectivity index (χ2v) is 4.07. The predicted molar refractivity (Wildman–Crippen MR) is 63.9 cm³/mol. The minimum absolute atomic E-state index is 0.398. The van der Waals surface area contributed by atoms with E-state index in [4.69, 9.17) is 4.74 Å². The molecule has 0 fully saturated rings. The Hall–Kier alpha value is -1.49. The van der Waals surface area contributed by atoms with Crippen LogP contribution in [0.5, 0.6) is 5.75 Å². The fourth-order valence-electron chi connectivity index (χ4n) is 1.56. The van der Waals surface area contributed by atoms with Crippen LogP contribution >= 0.6 is 15.9 Å². The number of fused-ring (bicyclic) bond motifs is 1. The maximum absolute atomic E-state index is 11.4. The van der Waals surface area contributed by atoms with Gasteiger partial charge in [-0.1, -0.05) is 0 Å². The standard InChI is InChI=1S/C11H10BrNO3/c1-15-9-4-3-7(12)10-6(9)5-8(13-10)11(14)16-2/h3-5,13H,1-2H3. The summed E-state index contributed by atoms with van der Waals surface area (Å²) in [5, 5.41) is 0.845. The molecule has 0 aliphatic rings. The van der Waals surface area contributed by atoms with Crippen LogP contribution in [0.3, 0.4) is 0 Å². The molecule has 0 bridgehead atoms. The van der Waals surface area contributed by atoms with Crippen LogP contribution in [0, 0.1) is 0 Å². The Labute approximate surface area is 101 Å². The number of H-pyrrole nitrogens is 1. The Morgan fingerprint density at radius 1 is 1.38 bits per heavy atom. The highest BCUT2D eigenvalue weighted by atomic mass is 79.9. The second kappa shape index (κ2) is 4.17. The first-order valence-electron chi connectivity index (χ1n) is 4.61. The van der Waals surface area contributed by atoms with Crippen LogP contribution in [0.15, 0.2) is 22.7 Å². The number of aromatic amines is 1. The van der Waals surface area contributed by atoms with Crippen molar-refractivity contribution in [3.05, 3.63) is 28.4 Å². The maximum atomic E-state index is 11.4. The number of nitrogens with one attached hydrogen (secondary N) is 1. The molecule has 5 heteroatoms. The third kappa shape index (κ3) is 1.67. The fourth-order valence-corrected chi connectivity index (χ4v) is 2.00. The van der Waals surface area contributed by atoms with Crippen molar-refractivity contribution in [2.45, 2.75) is 0 Å². The zero-order chi connectivity index (χ0) is 11.7. The highest BCUT2D eigenvalue weighted by molar-refractivity contribution is 9.10. The lowest BCUT2D eigenvalue weighted by Gasteiger charge is -2.01. The summed E-state index contributed by atoms with van der Waals surface area (Å²) < 4.78 is 10.7. The average Bonchev–Trinajstić information content (AvgIpc) is 2.74. The topological polar surface area (TPSA) is 51.3 Å². The van der Waals surface area contributed by atoms with Crippen LogP contribution in [0.4, 0.5) is 0 Å². The van der Waals surface area contributed by atoms with Crippen molar-refractivity contribution in [1.82, 2.24) is 4.98 Å². The summed E-state index contributed by atoms with van der Waals surface area (Å²) in [5.41, 5.74) is 1.22. The van der Waals surface area contributed by atoms with E-state index in [1.165, 1.54) is 7.11 Å². The Morgan fingerprint density at radius 2 is 2.12 bits per heavy atom. The van der Waals surface area contributed by atoms with Crippen molar-refractivity contribution < 1.29 is 14.3 Å². The third-order valence-electron chi connectivity index (χ3n) is 2.33. The summed E-state index contributed by atoms with van der Waals surface area (Å²) in [5.74, 6) is 0.315. The van der Waals surface area contributed by atoms with Crippen molar-refractivity contribution in [2.75, 3.05) is 14.2 Å². The molecule has 0 spiro atoms. The molecule has 0 amide bonds. The molecule has 1 aromatic heterocycles. The van der Waals surface area contributed by atoms with Gasteiger partial charge in [-0.2, -0.15) is 0 Å². The van der Waals surface area contributed by atoms with Crippen LogP contribution < -0.4 is 4.74 Å². The van der Waals surface area contributed by atoms with E-state index in [9.17, 15) is 4.79 Å². The number of carbonyl (C=O) groups is 1. The molecule has 16 heavy (non-hydrogen) atoms. The van der Waals surface area contributed by atoms with Crippen molar-refractivity contribution in [3.63, 3.8) is 0 Å². The SMILES string of the molecule is COC(=O)c1cc2c(OC)ccc(Br)c2[nH]1. The summed E-state index contributed by atoms with van der Waals surface area (Å²) in [4.78, 5) is 14.4. The first kappa shape index (κ1) is 11.0. The lowest BCUT2D eigenvalue weighted by Crippen LogP contribution is -2.00. The number of halogens is 1. The molecule has 2 aromatic rings. The Morgan fingerprint density at radius 3 is 2.75 bits per heavy atom. The third-order valence-corrected chi connectivity index (χ3v) is 2.99. The fraction of sp³-hybridized carbons (Fsp3) is 0.182. The molecule has 0 radical (unpaired) electrons. The van der Waals surface area contributed by atoms with Crippen molar-refractivity contribution in [3.8, 4) is 5.75 Å². The number of rotatable bonds is 2. The number of carbonyl (C=O) groups excluding carboxylic acids is 1. The number of esters is 1. The van der Waals surface area contributed by atoms with Crippen LogP contribution in [-0.2, 0) is 4.74 Å². The number of hydrogen-bond acceptors (Lipinski definition) is 3. The molecule has 1 heterocycles. The van der Waals surface area contributed by atoms with Crippen LogP contribution in [-0.4, -0.2) is 25.2 Å². The average molecular weight is 284 g/mol. The van der Waals surface area contributed by atoms with E-state index in [2.05, 4.69) is 25.7 Å². The number of methoxy groups -OCH3 is 2. The van der Waals surface area contributed by atoms with E-state index in [-0.39, 0.29) is 0 Å². The minimum Gasteiger partial charge on any atom is -0.496 e. The molecule has 2 rings (SSSR count). The first-order valence-corrected chi connectivity index (χ1v) is 5.40. The summed E-state index contributed by atoms with van der Waals surface area (Å²) in [6.07, 6.45) is 0. The van der Waals surface area contributed by atoms with Gasteiger partial charge in [-0.15, -0.1) is 0 Å². The summed E-state index contributed by atoms with van der Waals surface area (Å²) >= 11 is 3.41. The Bertz CT molecular complexity index is 547. The van der Waals surface area contributed by atoms with E-state index in [1.807, 2.05) is 12.1 Å². The molecule has 0 atom stereocenters. The Kier molecular flexibility index (Phi) is 2.87.